The molecule has 218 valence electrons. The summed E-state index contributed by atoms with van der Waals surface area (Å²) in [7, 11) is 0. The average Bonchev–Trinajstić information content (AvgIpc) is 3.42. The minimum Gasteiger partial charge on any atom is -0.478 e. The molecule has 0 spiro atoms. The summed E-state index contributed by atoms with van der Waals surface area (Å²) >= 11 is 4.04. The molecular formula is C26H23N5O8S3. The monoisotopic (exact) mass is 629 g/mol. The number of β-lactam (4-membered cyclic amide) rings is 1. The molecule has 5 rings (SSSR count). The summed E-state index contributed by atoms with van der Waals surface area (Å²) in [6.45, 7) is 1.76. The number of hydrogen-bond donors (Lipinski definition) is 2. The third-order valence-corrected chi connectivity index (χ3v) is 10.6. The van der Waals surface area contributed by atoms with Crippen LogP contribution in [-0.4, -0.2) is 78.3 Å². The fourth-order valence-corrected chi connectivity index (χ4v) is 8.20. The van der Waals surface area contributed by atoms with E-state index in [9.17, 15) is 34.4 Å². The van der Waals surface area contributed by atoms with Crippen molar-refractivity contribution in [1.29, 1.82) is 0 Å². The number of amides is 2. The predicted molar refractivity (Wildman–Crippen MR) is 153 cm³/mol. The van der Waals surface area contributed by atoms with E-state index in [1.54, 1.807) is 6.07 Å². The number of carbonyl (C=O) groups is 4. The Labute approximate surface area is 251 Å². The lowest BCUT2D eigenvalue weighted by Crippen LogP contribution is -2.74. The van der Waals surface area contributed by atoms with Crippen LogP contribution < -0.4 is 5.32 Å². The fourth-order valence-electron chi connectivity index (χ4n) is 4.54. The summed E-state index contributed by atoms with van der Waals surface area (Å²) in [6.07, 6.45) is 0. The standard InChI is InChI=1S/C26H23N5O8S3/c1-14-28-29-25(42-14)41-13-26(24(36)39-10-15-6-8-16(9-7-15)31(37)38)11-30-21(33)19(22(30)40-12-26)27-20(32)17-4-2-3-5-18(17)23(34)35/h2-9,19,22H,10-13H2,1H3,(H,27,32)(H,34,35)/t19?,22-,26?/m1/s1. The van der Waals surface area contributed by atoms with E-state index in [4.69, 9.17) is 4.74 Å². The third-order valence-electron chi connectivity index (χ3n) is 6.76. The second-order valence-corrected chi connectivity index (χ2v) is 13.1. The zero-order valence-electron chi connectivity index (χ0n) is 21.9. The van der Waals surface area contributed by atoms with Gasteiger partial charge in [-0.3, -0.25) is 24.5 Å². The van der Waals surface area contributed by atoms with Crippen molar-refractivity contribution in [2.24, 2.45) is 5.41 Å². The molecule has 0 aliphatic carbocycles. The van der Waals surface area contributed by atoms with Crippen LogP contribution in [-0.2, 0) is 20.9 Å². The highest BCUT2D eigenvalue weighted by atomic mass is 32.2. The molecule has 0 saturated carbocycles. The molecule has 2 saturated heterocycles. The minimum atomic E-state index is -1.26. The molecule has 3 heterocycles. The highest BCUT2D eigenvalue weighted by Gasteiger charge is 2.58. The van der Waals surface area contributed by atoms with E-state index in [0.29, 0.717) is 9.90 Å². The van der Waals surface area contributed by atoms with Gasteiger partial charge in [-0.15, -0.1) is 22.0 Å². The summed E-state index contributed by atoms with van der Waals surface area (Å²) < 4.78 is 6.33. The number of carboxylic acids is 1. The Morgan fingerprint density at radius 1 is 1.19 bits per heavy atom. The van der Waals surface area contributed by atoms with Crippen LogP contribution in [0.4, 0.5) is 5.69 Å². The lowest BCUT2D eigenvalue weighted by molar-refractivity contribution is -0.384. The van der Waals surface area contributed by atoms with Crippen molar-refractivity contribution in [1.82, 2.24) is 20.4 Å². The number of hydrogen-bond acceptors (Lipinski definition) is 12. The van der Waals surface area contributed by atoms with Gasteiger partial charge >= 0.3 is 11.9 Å². The van der Waals surface area contributed by atoms with E-state index in [1.807, 2.05) is 6.92 Å². The molecule has 42 heavy (non-hydrogen) atoms. The maximum absolute atomic E-state index is 13.6. The Morgan fingerprint density at radius 3 is 2.55 bits per heavy atom. The predicted octanol–water partition coefficient (Wildman–Crippen LogP) is 2.99. The summed E-state index contributed by atoms with van der Waals surface area (Å²) in [5, 5.41) is 31.4. The normalized spacial score (nSPS) is 21.2. The highest BCUT2D eigenvalue weighted by molar-refractivity contribution is 8.01. The van der Waals surface area contributed by atoms with Crippen molar-refractivity contribution >= 4 is 64.3 Å². The Bertz CT molecular complexity index is 1570. The number of non-ortho nitro benzene ring substituents is 1. The zero-order valence-corrected chi connectivity index (χ0v) is 24.4. The fraction of sp³-hybridized carbons (Fsp3) is 0.308. The van der Waals surface area contributed by atoms with Gasteiger partial charge in [-0.1, -0.05) is 35.2 Å². The van der Waals surface area contributed by atoms with Crippen LogP contribution in [0.1, 0.15) is 31.3 Å². The van der Waals surface area contributed by atoms with Gasteiger partial charge in [0.2, 0.25) is 5.91 Å². The first-order valence-corrected chi connectivity index (χ1v) is 15.3. The van der Waals surface area contributed by atoms with Gasteiger partial charge in [0.15, 0.2) is 4.34 Å². The second kappa shape index (κ2) is 12.1. The first-order valence-electron chi connectivity index (χ1n) is 12.5. The number of carboxylic acid groups (broad SMARTS) is 1. The number of fused-ring (bicyclic) bond motifs is 1. The van der Waals surface area contributed by atoms with Crippen LogP contribution in [0.3, 0.4) is 0 Å². The van der Waals surface area contributed by atoms with Crippen LogP contribution in [0.2, 0.25) is 0 Å². The maximum atomic E-state index is 13.6. The molecule has 16 heteroatoms. The Kier molecular flexibility index (Phi) is 8.47. The first kappa shape index (κ1) is 29.5. The molecule has 3 aromatic rings. The van der Waals surface area contributed by atoms with Gasteiger partial charge in [0.05, 0.1) is 16.1 Å². The Morgan fingerprint density at radius 2 is 1.90 bits per heavy atom. The SMILES string of the molecule is Cc1nnc(SCC2(C(=O)OCc3ccc([N+](=O)[O-])cc3)CS[C@@H]3C(NC(=O)c4ccccc4C(=O)O)C(=O)N3C2)s1. The first-order chi connectivity index (χ1) is 20.1. The van der Waals surface area contributed by atoms with Crippen molar-refractivity contribution in [2.45, 2.75) is 29.3 Å². The molecule has 2 amide bonds. The van der Waals surface area contributed by atoms with Crippen molar-refractivity contribution in [3.05, 3.63) is 80.3 Å². The summed E-state index contributed by atoms with van der Waals surface area (Å²) in [6, 6.07) is 10.5. The molecule has 2 fully saturated rings. The lowest BCUT2D eigenvalue weighted by Gasteiger charge is -2.54. The second-order valence-electron chi connectivity index (χ2n) is 9.63. The number of nitrogens with one attached hydrogen (secondary N) is 1. The number of carbonyl (C=O) groups excluding carboxylic acids is 3. The van der Waals surface area contributed by atoms with E-state index in [2.05, 4.69) is 15.5 Å². The Hall–Kier alpha value is -4.02. The number of esters is 1. The molecule has 2 unspecified atom stereocenters. The molecule has 2 aliphatic heterocycles. The van der Waals surface area contributed by atoms with E-state index in [1.165, 1.54) is 82.2 Å². The van der Waals surface area contributed by atoms with Crippen LogP contribution in [0.5, 0.6) is 0 Å². The van der Waals surface area contributed by atoms with Crippen LogP contribution in [0.15, 0.2) is 52.9 Å². The number of nitro groups is 1. The molecule has 0 radical (unpaired) electrons. The van der Waals surface area contributed by atoms with Crippen LogP contribution in [0.25, 0.3) is 0 Å². The zero-order chi connectivity index (χ0) is 30.0. The highest BCUT2D eigenvalue weighted by Crippen LogP contribution is 2.45. The molecule has 3 atom stereocenters. The van der Waals surface area contributed by atoms with Gasteiger partial charge in [0.1, 0.15) is 28.4 Å². The van der Waals surface area contributed by atoms with E-state index in [0.717, 1.165) is 5.01 Å². The van der Waals surface area contributed by atoms with E-state index in [-0.39, 0.29) is 41.5 Å². The number of nitro benzene ring substituents is 1. The maximum Gasteiger partial charge on any atom is 0.336 e. The van der Waals surface area contributed by atoms with Gasteiger partial charge in [0, 0.05) is 30.2 Å². The number of thioether (sulfide) groups is 2. The summed E-state index contributed by atoms with van der Waals surface area (Å²) in [4.78, 5) is 63.1. The molecule has 1 aromatic heterocycles. The van der Waals surface area contributed by atoms with Crippen molar-refractivity contribution < 1.29 is 33.9 Å². The van der Waals surface area contributed by atoms with Crippen molar-refractivity contribution in [2.75, 3.05) is 18.1 Å². The van der Waals surface area contributed by atoms with Crippen LogP contribution >= 0.6 is 34.9 Å². The summed E-state index contributed by atoms with van der Waals surface area (Å²) in [5.74, 6) is -2.31. The van der Waals surface area contributed by atoms with Gasteiger partial charge in [0.25, 0.3) is 11.6 Å². The largest absolute Gasteiger partial charge is 0.478 e. The van der Waals surface area contributed by atoms with Gasteiger partial charge in [-0.2, -0.15) is 0 Å². The number of nitrogens with zero attached hydrogens (tertiary/aromatic N) is 4. The van der Waals surface area contributed by atoms with Crippen molar-refractivity contribution in [3.8, 4) is 0 Å². The lowest BCUT2D eigenvalue weighted by atomic mass is 9.89. The Balaban J connectivity index is 1.29. The number of aryl methyl sites for hydroxylation is 1. The average molecular weight is 630 g/mol. The topological polar surface area (TPSA) is 182 Å². The van der Waals surface area contributed by atoms with Gasteiger partial charge in [-0.05, 0) is 36.8 Å². The molecule has 2 aromatic carbocycles. The quantitative estimate of drug-likeness (QED) is 0.110. The van der Waals surface area contributed by atoms with Crippen molar-refractivity contribution in [3.63, 3.8) is 0 Å². The number of aromatic nitrogens is 2. The third kappa shape index (κ3) is 5.96. The molecular weight excluding hydrogens is 607 g/mol. The molecule has 0 bridgehead atoms. The molecule has 13 nitrogen and oxygen atoms in total. The summed E-state index contributed by atoms with van der Waals surface area (Å²) in [5.41, 5.74) is -0.836. The van der Waals surface area contributed by atoms with Crippen LogP contribution in [0, 0.1) is 22.5 Å². The van der Waals surface area contributed by atoms with E-state index < -0.39 is 45.5 Å². The number of aromatic carboxylic acids is 1. The van der Waals surface area contributed by atoms with Gasteiger partial charge < -0.3 is 20.1 Å². The van der Waals surface area contributed by atoms with E-state index >= 15 is 0 Å². The number of rotatable bonds is 10. The number of benzene rings is 2. The molecule has 2 N–H and O–H groups in total. The molecule has 2 aliphatic rings. The number of ether oxygens (including phenoxy) is 1. The minimum absolute atomic E-state index is 0.0471. The smallest absolute Gasteiger partial charge is 0.336 e. The van der Waals surface area contributed by atoms with Gasteiger partial charge in [-0.25, -0.2) is 4.79 Å².